The minimum atomic E-state index is -0.209. The summed E-state index contributed by atoms with van der Waals surface area (Å²) in [5.41, 5.74) is 3.14. The van der Waals surface area contributed by atoms with E-state index < -0.39 is 0 Å². The zero-order chi connectivity index (χ0) is 13.9. The van der Waals surface area contributed by atoms with Crippen LogP contribution in [0.5, 0.6) is 5.75 Å². The smallest absolute Gasteiger partial charge is 0.276 e. The molecule has 0 atom stereocenters. The van der Waals surface area contributed by atoms with Crippen LogP contribution in [-0.2, 0) is 13.0 Å². The summed E-state index contributed by atoms with van der Waals surface area (Å²) in [6.45, 7) is 1.58. The van der Waals surface area contributed by atoms with Crippen molar-refractivity contribution in [3.63, 3.8) is 0 Å². The number of aromatic nitrogens is 2. The number of carbonyl (C=O) groups is 1. The number of aromatic amines is 1. The van der Waals surface area contributed by atoms with Crippen LogP contribution in [0.25, 0.3) is 0 Å². The number of H-pyrrole nitrogens is 1. The van der Waals surface area contributed by atoms with Crippen molar-refractivity contribution in [3.8, 4) is 5.75 Å². The van der Waals surface area contributed by atoms with E-state index in [-0.39, 0.29) is 5.91 Å². The number of nitrogens with zero attached hydrogens (tertiary/aromatic N) is 1. The number of rotatable bonds is 3. The van der Waals surface area contributed by atoms with Crippen LogP contribution >= 0.6 is 0 Å². The molecule has 0 spiro atoms. The first kappa shape index (κ1) is 12.7. The number of ether oxygens (including phenoxy) is 1. The molecule has 2 aromatic rings. The van der Waals surface area contributed by atoms with E-state index in [9.17, 15) is 4.79 Å². The number of anilines is 1. The molecule has 1 aromatic carbocycles. The van der Waals surface area contributed by atoms with Gasteiger partial charge in [-0.25, -0.2) is 0 Å². The van der Waals surface area contributed by atoms with Gasteiger partial charge in [0.05, 0.1) is 7.11 Å². The lowest BCUT2D eigenvalue weighted by atomic mass is 10.1. The summed E-state index contributed by atoms with van der Waals surface area (Å²) in [7, 11) is 1.59. The fraction of sp³-hybridized carbons (Fsp3) is 0.286. The lowest BCUT2D eigenvalue weighted by Gasteiger charge is -2.13. The summed E-state index contributed by atoms with van der Waals surface area (Å²) in [6, 6.07) is 7.25. The van der Waals surface area contributed by atoms with Crippen molar-refractivity contribution in [1.29, 1.82) is 0 Å². The van der Waals surface area contributed by atoms with Crippen LogP contribution < -0.4 is 15.4 Å². The zero-order valence-corrected chi connectivity index (χ0v) is 11.2. The summed E-state index contributed by atoms with van der Waals surface area (Å²) >= 11 is 0. The standard InChI is InChI=1S/C14H16N4O2/c1-20-10-4-2-3-9(7-10)16-14(19)13-11-8-15-6-5-12(11)17-18-13/h2-4,7,15H,5-6,8H2,1H3,(H,16,19)(H,17,18). The van der Waals surface area contributed by atoms with Crippen molar-refractivity contribution in [1.82, 2.24) is 15.5 Å². The van der Waals surface area contributed by atoms with Crippen molar-refractivity contribution >= 4 is 11.6 Å². The Bertz CT molecular complexity index is 636. The van der Waals surface area contributed by atoms with E-state index in [4.69, 9.17) is 4.74 Å². The first-order chi connectivity index (χ1) is 9.78. The van der Waals surface area contributed by atoms with Gasteiger partial charge in [-0.2, -0.15) is 5.10 Å². The number of hydrogen-bond acceptors (Lipinski definition) is 4. The quantitative estimate of drug-likeness (QED) is 0.787. The van der Waals surface area contributed by atoms with E-state index in [1.807, 2.05) is 18.2 Å². The Morgan fingerprint density at radius 3 is 3.20 bits per heavy atom. The second-order valence-corrected chi connectivity index (χ2v) is 4.64. The summed E-state index contributed by atoms with van der Waals surface area (Å²) in [4.78, 5) is 12.3. The van der Waals surface area contributed by atoms with E-state index in [1.165, 1.54) is 0 Å². The number of nitrogens with one attached hydrogen (secondary N) is 3. The third-order valence-corrected chi connectivity index (χ3v) is 3.35. The van der Waals surface area contributed by atoms with Gasteiger partial charge in [-0.1, -0.05) is 6.07 Å². The molecule has 0 bridgehead atoms. The first-order valence-electron chi connectivity index (χ1n) is 6.50. The highest BCUT2D eigenvalue weighted by Crippen LogP contribution is 2.19. The number of methoxy groups -OCH3 is 1. The van der Waals surface area contributed by atoms with Crippen LogP contribution in [0, 0.1) is 0 Å². The van der Waals surface area contributed by atoms with Gasteiger partial charge in [0, 0.05) is 42.5 Å². The molecular formula is C14H16N4O2. The zero-order valence-electron chi connectivity index (χ0n) is 11.2. The maximum absolute atomic E-state index is 12.3. The fourth-order valence-electron chi connectivity index (χ4n) is 2.30. The van der Waals surface area contributed by atoms with Gasteiger partial charge in [0.15, 0.2) is 5.69 Å². The Kier molecular flexibility index (Phi) is 3.39. The Balaban J connectivity index is 1.80. The molecule has 1 aliphatic heterocycles. The van der Waals surface area contributed by atoms with Gasteiger partial charge in [-0.15, -0.1) is 0 Å². The number of carbonyl (C=O) groups excluding carboxylic acids is 1. The van der Waals surface area contributed by atoms with Crippen LogP contribution in [0.3, 0.4) is 0 Å². The summed E-state index contributed by atoms with van der Waals surface area (Å²) in [6.07, 6.45) is 0.870. The number of hydrogen-bond donors (Lipinski definition) is 3. The molecule has 1 amide bonds. The van der Waals surface area contributed by atoms with Gasteiger partial charge in [0.2, 0.25) is 0 Å². The first-order valence-corrected chi connectivity index (χ1v) is 6.50. The van der Waals surface area contributed by atoms with Crippen molar-refractivity contribution < 1.29 is 9.53 Å². The van der Waals surface area contributed by atoms with Crippen molar-refractivity contribution in [2.24, 2.45) is 0 Å². The molecule has 0 saturated carbocycles. The molecule has 0 fully saturated rings. The average molecular weight is 272 g/mol. The Morgan fingerprint density at radius 1 is 1.45 bits per heavy atom. The Labute approximate surface area is 116 Å². The van der Waals surface area contributed by atoms with Crippen molar-refractivity contribution in [2.75, 3.05) is 19.0 Å². The van der Waals surface area contributed by atoms with Crippen molar-refractivity contribution in [3.05, 3.63) is 41.2 Å². The summed E-state index contributed by atoms with van der Waals surface area (Å²) in [5.74, 6) is 0.493. The van der Waals surface area contributed by atoms with Crippen LogP contribution in [0.4, 0.5) is 5.69 Å². The molecule has 1 aromatic heterocycles. The maximum Gasteiger partial charge on any atom is 0.276 e. The average Bonchev–Trinajstić information content (AvgIpc) is 2.91. The van der Waals surface area contributed by atoms with Gasteiger partial charge in [-0.3, -0.25) is 9.89 Å². The molecule has 3 N–H and O–H groups in total. The minimum Gasteiger partial charge on any atom is -0.497 e. The lowest BCUT2D eigenvalue weighted by molar-refractivity contribution is 0.102. The van der Waals surface area contributed by atoms with E-state index >= 15 is 0 Å². The molecule has 0 unspecified atom stereocenters. The van der Waals surface area contributed by atoms with Crippen LogP contribution in [0.15, 0.2) is 24.3 Å². The third kappa shape index (κ3) is 2.37. The van der Waals surface area contributed by atoms with E-state index in [0.717, 1.165) is 24.2 Å². The third-order valence-electron chi connectivity index (χ3n) is 3.35. The van der Waals surface area contributed by atoms with Crippen LogP contribution in [-0.4, -0.2) is 29.8 Å². The van der Waals surface area contributed by atoms with Gasteiger partial charge in [0.1, 0.15) is 5.75 Å². The molecule has 3 rings (SSSR count). The Hall–Kier alpha value is -2.34. The molecule has 6 heteroatoms. The van der Waals surface area contributed by atoms with Crippen molar-refractivity contribution in [2.45, 2.75) is 13.0 Å². The monoisotopic (exact) mass is 272 g/mol. The minimum absolute atomic E-state index is 0.209. The summed E-state index contributed by atoms with van der Waals surface area (Å²) in [5, 5.41) is 13.2. The molecule has 104 valence electrons. The predicted molar refractivity (Wildman–Crippen MR) is 74.9 cm³/mol. The fourth-order valence-corrected chi connectivity index (χ4v) is 2.30. The molecular weight excluding hydrogens is 256 g/mol. The topological polar surface area (TPSA) is 79.0 Å². The maximum atomic E-state index is 12.3. The molecule has 0 radical (unpaired) electrons. The van der Waals surface area contributed by atoms with Gasteiger partial charge < -0.3 is 15.4 Å². The highest BCUT2D eigenvalue weighted by Gasteiger charge is 2.21. The van der Waals surface area contributed by atoms with Gasteiger partial charge in [0.25, 0.3) is 5.91 Å². The van der Waals surface area contributed by atoms with Gasteiger partial charge in [-0.05, 0) is 12.1 Å². The lowest BCUT2D eigenvalue weighted by Crippen LogP contribution is -2.25. The number of benzene rings is 1. The molecule has 20 heavy (non-hydrogen) atoms. The predicted octanol–water partition coefficient (Wildman–Crippen LogP) is 1.32. The summed E-state index contributed by atoms with van der Waals surface area (Å²) < 4.78 is 5.13. The largest absolute Gasteiger partial charge is 0.497 e. The SMILES string of the molecule is COc1cccc(NC(=O)c2n[nH]c3c2CNCC3)c1. The number of fused-ring (bicyclic) bond motifs is 1. The molecule has 0 saturated heterocycles. The Morgan fingerprint density at radius 2 is 2.35 bits per heavy atom. The van der Waals surface area contributed by atoms with Gasteiger partial charge >= 0.3 is 0 Å². The highest BCUT2D eigenvalue weighted by molar-refractivity contribution is 6.04. The molecule has 2 heterocycles. The second kappa shape index (κ2) is 5.34. The number of amides is 1. The normalized spacial score (nSPS) is 13.7. The highest BCUT2D eigenvalue weighted by atomic mass is 16.5. The van der Waals surface area contributed by atoms with E-state index in [1.54, 1.807) is 13.2 Å². The van der Waals surface area contributed by atoms with Crippen LogP contribution in [0.2, 0.25) is 0 Å². The molecule has 0 aliphatic carbocycles. The second-order valence-electron chi connectivity index (χ2n) is 4.64. The molecule has 6 nitrogen and oxygen atoms in total. The van der Waals surface area contributed by atoms with E-state index in [0.29, 0.717) is 23.7 Å². The van der Waals surface area contributed by atoms with Crippen LogP contribution in [0.1, 0.15) is 21.7 Å². The van der Waals surface area contributed by atoms with E-state index in [2.05, 4.69) is 20.8 Å². The molecule has 1 aliphatic rings.